The molecule has 0 saturated heterocycles. The third-order valence-corrected chi connectivity index (χ3v) is 2.94. The molecule has 0 aliphatic heterocycles. The van der Waals surface area contributed by atoms with Crippen LogP contribution in [-0.4, -0.2) is 17.6 Å². The maximum atomic E-state index is 10.8. The summed E-state index contributed by atoms with van der Waals surface area (Å²) in [6.07, 6.45) is 0.972. The first-order valence-corrected chi connectivity index (χ1v) is 6.32. The van der Waals surface area contributed by atoms with Crippen LogP contribution in [-0.2, 0) is 13.0 Å². The smallest absolute Gasteiger partial charge is 0.335 e. The van der Waals surface area contributed by atoms with E-state index in [4.69, 9.17) is 5.11 Å². The van der Waals surface area contributed by atoms with Gasteiger partial charge in [0.15, 0.2) is 0 Å². The van der Waals surface area contributed by atoms with Crippen molar-refractivity contribution < 1.29 is 9.90 Å². The molecule has 2 aromatic rings. The summed E-state index contributed by atoms with van der Waals surface area (Å²) in [6.45, 7) is 1.56. The molecule has 0 atom stereocenters. The van der Waals surface area contributed by atoms with Crippen LogP contribution in [0.2, 0.25) is 0 Å². The number of aromatic carboxylic acids is 1. The maximum absolute atomic E-state index is 10.8. The second-order valence-electron chi connectivity index (χ2n) is 4.42. The second-order valence-corrected chi connectivity index (χ2v) is 4.42. The Morgan fingerprint density at radius 1 is 1.00 bits per heavy atom. The van der Waals surface area contributed by atoms with Crippen molar-refractivity contribution in [3.05, 3.63) is 71.3 Å². The molecule has 0 aliphatic carbocycles. The van der Waals surface area contributed by atoms with E-state index in [9.17, 15) is 4.79 Å². The highest BCUT2D eigenvalue weighted by molar-refractivity contribution is 5.87. The minimum absolute atomic E-state index is 0.336. The fourth-order valence-electron chi connectivity index (χ4n) is 1.92. The van der Waals surface area contributed by atoms with Gasteiger partial charge in [-0.05, 0) is 36.2 Å². The lowest BCUT2D eigenvalue weighted by Crippen LogP contribution is -2.16. The zero-order valence-corrected chi connectivity index (χ0v) is 10.7. The van der Waals surface area contributed by atoms with E-state index in [1.54, 1.807) is 18.2 Å². The van der Waals surface area contributed by atoms with Crippen molar-refractivity contribution in [3.8, 4) is 0 Å². The average Bonchev–Trinajstić information content (AvgIpc) is 2.45. The molecular weight excluding hydrogens is 238 g/mol. The molecule has 0 amide bonds. The van der Waals surface area contributed by atoms with Gasteiger partial charge >= 0.3 is 5.97 Å². The van der Waals surface area contributed by atoms with Crippen molar-refractivity contribution in [2.45, 2.75) is 13.0 Å². The van der Waals surface area contributed by atoms with E-state index in [0.29, 0.717) is 12.1 Å². The molecule has 0 heterocycles. The Morgan fingerprint density at radius 3 is 2.47 bits per heavy atom. The van der Waals surface area contributed by atoms with Crippen molar-refractivity contribution in [2.24, 2.45) is 0 Å². The topological polar surface area (TPSA) is 49.3 Å². The quantitative estimate of drug-likeness (QED) is 0.780. The van der Waals surface area contributed by atoms with Crippen LogP contribution in [0.3, 0.4) is 0 Å². The van der Waals surface area contributed by atoms with Crippen LogP contribution in [0.15, 0.2) is 54.6 Å². The van der Waals surface area contributed by atoms with Crippen LogP contribution < -0.4 is 5.32 Å². The molecule has 3 nitrogen and oxygen atoms in total. The molecule has 0 aliphatic rings. The van der Waals surface area contributed by atoms with E-state index in [-0.39, 0.29) is 0 Å². The first kappa shape index (κ1) is 13.3. The molecule has 0 bridgehead atoms. The van der Waals surface area contributed by atoms with E-state index in [0.717, 1.165) is 18.5 Å². The zero-order valence-electron chi connectivity index (χ0n) is 10.7. The van der Waals surface area contributed by atoms with Gasteiger partial charge in [0.2, 0.25) is 0 Å². The van der Waals surface area contributed by atoms with Gasteiger partial charge in [0.05, 0.1) is 5.56 Å². The summed E-state index contributed by atoms with van der Waals surface area (Å²) in [6, 6.07) is 17.3. The highest BCUT2D eigenvalue weighted by atomic mass is 16.4. The number of carboxylic acid groups (broad SMARTS) is 1. The van der Waals surface area contributed by atoms with Gasteiger partial charge in [-0.2, -0.15) is 0 Å². The summed E-state index contributed by atoms with van der Waals surface area (Å²) in [7, 11) is 0. The number of nitrogens with one attached hydrogen (secondary N) is 1. The molecule has 19 heavy (non-hydrogen) atoms. The van der Waals surface area contributed by atoms with Crippen molar-refractivity contribution in [1.29, 1.82) is 0 Å². The monoisotopic (exact) mass is 255 g/mol. The normalized spacial score (nSPS) is 10.3. The van der Waals surface area contributed by atoms with Crippen LogP contribution in [0.4, 0.5) is 0 Å². The standard InChI is InChI=1S/C16H17NO2/c18-16(19)15-8-4-7-14(11-15)12-17-10-9-13-5-2-1-3-6-13/h1-8,11,17H,9-10,12H2,(H,18,19). The molecule has 0 aromatic heterocycles. The second kappa shape index (κ2) is 6.71. The SMILES string of the molecule is O=C(O)c1cccc(CNCCc2ccccc2)c1. The zero-order chi connectivity index (χ0) is 13.5. The van der Waals surface area contributed by atoms with Crippen LogP contribution in [0.25, 0.3) is 0 Å². The van der Waals surface area contributed by atoms with Gasteiger partial charge in [0.25, 0.3) is 0 Å². The Morgan fingerprint density at radius 2 is 1.74 bits per heavy atom. The van der Waals surface area contributed by atoms with Gasteiger partial charge in [-0.1, -0.05) is 42.5 Å². The van der Waals surface area contributed by atoms with Gasteiger partial charge in [0.1, 0.15) is 0 Å². The van der Waals surface area contributed by atoms with Gasteiger partial charge in [-0.15, -0.1) is 0 Å². The minimum atomic E-state index is -0.883. The van der Waals surface area contributed by atoms with E-state index in [2.05, 4.69) is 17.4 Å². The maximum Gasteiger partial charge on any atom is 0.335 e. The third-order valence-electron chi connectivity index (χ3n) is 2.94. The highest BCUT2D eigenvalue weighted by Gasteiger charge is 2.02. The Hall–Kier alpha value is -2.13. The molecule has 2 rings (SSSR count). The number of hydrogen-bond donors (Lipinski definition) is 2. The summed E-state index contributed by atoms with van der Waals surface area (Å²) < 4.78 is 0. The fourth-order valence-corrected chi connectivity index (χ4v) is 1.92. The van der Waals surface area contributed by atoms with E-state index in [1.807, 2.05) is 24.3 Å². The van der Waals surface area contributed by atoms with Crippen molar-refractivity contribution in [1.82, 2.24) is 5.32 Å². The molecule has 0 saturated carbocycles. The largest absolute Gasteiger partial charge is 0.478 e. The van der Waals surface area contributed by atoms with Crippen LogP contribution in [0, 0.1) is 0 Å². The molecule has 0 unspecified atom stereocenters. The number of hydrogen-bond acceptors (Lipinski definition) is 2. The van der Waals surface area contributed by atoms with Crippen molar-refractivity contribution >= 4 is 5.97 Å². The fraction of sp³-hybridized carbons (Fsp3) is 0.188. The third kappa shape index (κ3) is 4.23. The first-order valence-electron chi connectivity index (χ1n) is 6.32. The minimum Gasteiger partial charge on any atom is -0.478 e. The predicted molar refractivity (Wildman–Crippen MR) is 75.3 cm³/mol. The summed E-state index contributed by atoms with van der Waals surface area (Å²) in [5.41, 5.74) is 2.63. The van der Waals surface area contributed by atoms with E-state index in [1.165, 1.54) is 5.56 Å². The van der Waals surface area contributed by atoms with Gasteiger partial charge < -0.3 is 10.4 Å². The lowest BCUT2D eigenvalue weighted by atomic mass is 10.1. The van der Waals surface area contributed by atoms with Gasteiger partial charge in [-0.3, -0.25) is 0 Å². The molecule has 2 aromatic carbocycles. The molecule has 98 valence electrons. The van der Waals surface area contributed by atoms with Crippen LogP contribution in [0.1, 0.15) is 21.5 Å². The number of benzene rings is 2. The highest BCUT2D eigenvalue weighted by Crippen LogP contribution is 2.05. The predicted octanol–water partition coefficient (Wildman–Crippen LogP) is 2.72. The van der Waals surface area contributed by atoms with Gasteiger partial charge in [0, 0.05) is 6.54 Å². The van der Waals surface area contributed by atoms with Gasteiger partial charge in [-0.25, -0.2) is 4.79 Å². The summed E-state index contributed by atoms with van der Waals surface area (Å²) >= 11 is 0. The molecular formula is C16H17NO2. The van der Waals surface area contributed by atoms with E-state index < -0.39 is 5.97 Å². The number of carboxylic acids is 1. The first-order chi connectivity index (χ1) is 9.25. The van der Waals surface area contributed by atoms with Crippen LogP contribution in [0.5, 0.6) is 0 Å². The van der Waals surface area contributed by atoms with E-state index >= 15 is 0 Å². The summed E-state index contributed by atoms with van der Waals surface area (Å²) in [5.74, 6) is -0.883. The lowest BCUT2D eigenvalue weighted by Gasteiger charge is -2.06. The lowest BCUT2D eigenvalue weighted by molar-refractivity contribution is 0.0696. The molecule has 0 spiro atoms. The molecule has 2 N–H and O–H groups in total. The summed E-state index contributed by atoms with van der Waals surface area (Å²) in [5, 5.41) is 12.2. The Labute approximate surface area is 112 Å². The van der Waals surface area contributed by atoms with Crippen LogP contribution >= 0.6 is 0 Å². The number of carbonyl (C=O) groups is 1. The average molecular weight is 255 g/mol. The van der Waals surface area contributed by atoms with Crippen molar-refractivity contribution in [3.63, 3.8) is 0 Å². The summed E-state index contributed by atoms with van der Waals surface area (Å²) in [4.78, 5) is 10.8. The molecule has 0 fully saturated rings. The Bertz CT molecular complexity index is 537. The number of rotatable bonds is 6. The molecule has 0 radical (unpaired) electrons. The molecule has 3 heteroatoms. The Balaban J connectivity index is 1.80. The Kier molecular flexibility index (Phi) is 4.70. The van der Waals surface area contributed by atoms with Crippen molar-refractivity contribution in [2.75, 3.05) is 6.54 Å².